The van der Waals surface area contributed by atoms with Crippen molar-refractivity contribution in [3.63, 3.8) is 0 Å². The predicted molar refractivity (Wildman–Crippen MR) is 93.6 cm³/mol. The lowest BCUT2D eigenvalue weighted by molar-refractivity contribution is 0.181. The van der Waals surface area contributed by atoms with E-state index in [1.165, 1.54) is 43.2 Å². The van der Waals surface area contributed by atoms with Crippen LogP contribution in [0.2, 0.25) is 0 Å². The van der Waals surface area contributed by atoms with Crippen LogP contribution < -0.4 is 0 Å². The molecule has 5 unspecified atom stereocenters. The molecule has 0 aliphatic heterocycles. The van der Waals surface area contributed by atoms with E-state index in [4.69, 9.17) is 0 Å². The van der Waals surface area contributed by atoms with Crippen molar-refractivity contribution in [3.8, 4) is 0 Å². The number of fused-ring (bicyclic) bond motifs is 5. The molecule has 0 heterocycles. The second-order valence-electron chi connectivity index (χ2n) is 7.46. The highest BCUT2D eigenvalue weighted by molar-refractivity contribution is 5.47. The molecular weight excluding hydrogens is 264 g/mol. The second-order valence-corrected chi connectivity index (χ2v) is 7.46. The number of benzene rings is 1. The zero-order valence-electron chi connectivity index (χ0n) is 13.4. The van der Waals surface area contributed by atoms with Gasteiger partial charge in [0.1, 0.15) is 0 Å². The lowest BCUT2D eigenvalue weighted by Crippen LogP contribution is -2.40. The van der Waals surface area contributed by atoms with Crippen molar-refractivity contribution in [2.75, 3.05) is 0 Å². The maximum absolute atomic E-state index is 4.15. The molecule has 4 rings (SSSR count). The summed E-state index contributed by atoms with van der Waals surface area (Å²) in [7, 11) is 0. The molecule has 0 amide bonds. The standard InChI is InChI=1S/C22H26/c1-3-9-17(4-2)22(18-10-6-5-7-11-18)15-16-14-21(22)20-13-8-12-19(16)20/h3-7,9-11,16,19-21H,1-2,8,12-15H2/b17-9+. The van der Waals surface area contributed by atoms with Crippen molar-refractivity contribution in [2.24, 2.45) is 23.7 Å². The average molecular weight is 290 g/mol. The maximum Gasteiger partial charge on any atom is 0.0236 e. The smallest absolute Gasteiger partial charge is 0.0236 e. The highest BCUT2D eigenvalue weighted by Crippen LogP contribution is 2.68. The summed E-state index contributed by atoms with van der Waals surface area (Å²) >= 11 is 0. The molecule has 0 nitrogen and oxygen atoms in total. The topological polar surface area (TPSA) is 0 Å². The van der Waals surface area contributed by atoms with Crippen LogP contribution in [0.5, 0.6) is 0 Å². The van der Waals surface area contributed by atoms with Gasteiger partial charge in [0.2, 0.25) is 0 Å². The van der Waals surface area contributed by atoms with Gasteiger partial charge in [-0.1, -0.05) is 68.1 Å². The number of hydrogen-bond acceptors (Lipinski definition) is 0. The van der Waals surface area contributed by atoms with E-state index in [9.17, 15) is 0 Å². The predicted octanol–water partition coefficient (Wildman–Crippen LogP) is 5.68. The molecular formula is C22H26. The number of hydrogen-bond donors (Lipinski definition) is 0. The Labute approximate surface area is 134 Å². The fourth-order valence-electron chi connectivity index (χ4n) is 6.24. The molecule has 0 aromatic heterocycles. The SMILES string of the molecule is C=C/C=C(\C=C)C1(c2ccccc2)CC2CC1C1CCCC21. The van der Waals surface area contributed by atoms with Crippen molar-refractivity contribution in [1.29, 1.82) is 0 Å². The van der Waals surface area contributed by atoms with Gasteiger partial charge in [-0.05, 0) is 60.5 Å². The normalized spacial score (nSPS) is 39.7. The molecule has 3 aliphatic rings. The van der Waals surface area contributed by atoms with Gasteiger partial charge in [-0.2, -0.15) is 0 Å². The van der Waals surface area contributed by atoms with Gasteiger partial charge in [0.15, 0.2) is 0 Å². The summed E-state index contributed by atoms with van der Waals surface area (Å²) < 4.78 is 0. The molecule has 0 radical (unpaired) electrons. The largest absolute Gasteiger partial charge is 0.0991 e. The molecule has 22 heavy (non-hydrogen) atoms. The Morgan fingerprint density at radius 3 is 2.59 bits per heavy atom. The van der Waals surface area contributed by atoms with E-state index in [-0.39, 0.29) is 5.41 Å². The Hall–Kier alpha value is -1.56. The average Bonchev–Trinajstić information content (AvgIpc) is 3.25. The van der Waals surface area contributed by atoms with Crippen LogP contribution in [0.25, 0.3) is 0 Å². The van der Waals surface area contributed by atoms with Crippen molar-refractivity contribution in [1.82, 2.24) is 0 Å². The lowest BCUT2D eigenvalue weighted by Gasteiger charge is -2.44. The molecule has 0 N–H and O–H groups in total. The second kappa shape index (κ2) is 5.26. The van der Waals surface area contributed by atoms with Gasteiger partial charge in [-0.25, -0.2) is 0 Å². The van der Waals surface area contributed by atoms with Gasteiger partial charge in [-0.15, -0.1) is 0 Å². The van der Waals surface area contributed by atoms with Crippen LogP contribution in [0.4, 0.5) is 0 Å². The van der Waals surface area contributed by atoms with Crippen molar-refractivity contribution < 1.29 is 0 Å². The highest BCUT2D eigenvalue weighted by Gasteiger charge is 2.61. The van der Waals surface area contributed by atoms with Gasteiger partial charge < -0.3 is 0 Å². The highest BCUT2D eigenvalue weighted by atomic mass is 14.7. The Balaban J connectivity index is 1.86. The number of rotatable bonds is 4. The molecule has 114 valence electrons. The third kappa shape index (κ3) is 1.76. The zero-order chi connectivity index (χ0) is 15.2. The van der Waals surface area contributed by atoms with Crippen molar-refractivity contribution >= 4 is 0 Å². The first-order valence-corrected chi connectivity index (χ1v) is 8.82. The Bertz CT molecular complexity index is 608. The molecule has 3 saturated carbocycles. The first-order valence-electron chi connectivity index (χ1n) is 8.82. The van der Waals surface area contributed by atoms with E-state index in [0.29, 0.717) is 0 Å². The maximum atomic E-state index is 4.15. The van der Waals surface area contributed by atoms with Gasteiger partial charge in [-0.3, -0.25) is 0 Å². The van der Waals surface area contributed by atoms with Crippen LogP contribution in [0.15, 0.2) is 67.3 Å². The third-order valence-corrected chi connectivity index (χ3v) is 6.84. The Morgan fingerprint density at radius 1 is 1.09 bits per heavy atom. The summed E-state index contributed by atoms with van der Waals surface area (Å²) in [5.74, 6) is 3.67. The zero-order valence-corrected chi connectivity index (χ0v) is 13.4. The molecule has 3 fully saturated rings. The van der Waals surface area contributed by atoms with E-state index in [1.807, 2.05) is 6.08 Å². The van der Waals surface area contributed by atoms with E-state index >= 15 is 0 Å². The quantitative estimate of drug-likeness (QED) is 0.626. The molecule has 1 aromatic carbocycles. The van der Waals surface area contributed by atoms with Gasteiger partial charge in [0.05, 0.1) is 0 Å². The summed E-state index contributed by atoms with van der Waals surface area (Å²) in [5.41, 5.74) is 3.08. The van der Waals surface area contributed by atoms with E-state index in [0.717, 1.165) is 23.7 Å². The fraction of sp³-hybridized carbons (Fsp3) is 0.455. The summed E-state index contributed by atoms with van der Waals surface area (Å²) in [6, 6.07) is 11.2. The van der Waals surface area contributed by atoms with Crippen molar-refractivity contribution in [2.45, 2.75) is 37.5 Å². The summed E-state index contributed by atoms with van der Waals surface area (Å²) in [5, 5.41) is 0. The first-order chi connectivity index (χ1) is 10.8. The first kappa shape index (κ1) is 14.1. The van der Waals surface area contributed by atoms with E-state index in [1.54, 1.807) is 0 Å². The van der Waals surface area contributed by atoms with Crippen LogP contribution in [0.1, 0.15) is 37.7 Å². The van der Waals surface area contributed by atoms with Crippen LogP contribution >= 0.6 is 0 Å². The molecule has 1 aromatic rings. The Kier molecular flexibility index (Phi) is 3.36. The van der Waals surface area contributed by atoms with Crippen LogP contribution in [0, 0.1) is 23.7 Å². The molecule has 0 spiro atoms. The summed E-state index contributed by atoms with van der Waals surface area (Å²) in [6.45, 7) is 8.10. The molecule has 0 heteroatoms. The minimum Gasteiger partial charge on any atom is -0.0991 e. The minimum atomic E-state index is 0.188. The molecule has 2 bridgehead atoms. The fourth-order valence-corrected chi connectivity index (χ4v) is 6.24. The third-order valence-electron chi connectivity index (χ3n) is 6.84. The van der Waals surface area contributed by atoms with Gasteiger partial charge >= 0.3 is 0 Å². The molecule has 3 aliphatic carbocycles. The Morgan fingerprint density at radius 2 is 1.86 bits per heavy atom. The van der Waals surface area contributed by atoms with E-state index in [2.05, 4.69) is 55.6 Å². The number of allylic oxidation sites excluding steroid dienone is 4. The summed E-state index contributed by atoms with van der Waals surface area (Å²) in [4.78, 5) is 0. The molecule has 0 saturated heterocycles. The van der Waals surface area contributed by atoms with Crippen molar-refractivity contribution in [3.05, 3.63) is 72.9 Å². The van der Waals surface area contributed by atoms with Gasteiger partial charge in [0, 0.05) is 5.41 Å². The van der Waals surface area contributed by atoms with Crippen LogP contribution in [-0.2, 0) is 5.41 Å². The van der Waals surface area contributed by atoms with Gasteiger partial charge in [0.25, 0.3) is 0 Å². The summed E-state index contributed by atoms with van der Waals surface area (Å²) in [6.07, 6.45) is 13.4. The van der Waals surface area contributed by atoms with E-state index < -0.39 is 0 Å². The molecule has 5 atom stereocenters. The van der Waals surface area contributed by atoms with Crippen LogP contribution in [0.3, 0.4) is 0 Å². The monoisotopic (exact) mass is 290 g/mol. The van der Waals surface area contributed by atoms with Crippen LogP contribution in [-0.4, -0.2) is 0 Å². The minimum absolute atomic E-state index is 0.188. The lowest BCUT2D eigenvalue weighted by atomic mass is 9.59.